The van der Waals surface area contributed by atoms with Crippen molar-refractivity contribution in [3.8, 4) is 0 Å². The van der Waals surface area contributed by atoms with Gasteiger partial charge in [0.2, 0.25) is 0 Å². The highest BCUT2D eigenvalue weighted by molar-refractivity contribution is 7.13. The topological polar surface area (TPSA) is 53.4 Å². The molecule has 0 spiro atoms. The molecule has 1 aliphatic carbocycles. The molecule has 1 saturated carbocycles. The number of aliphatic carboxylic acids is 1. The minimum atomic E-state index is -0.812. The van der Waals surface area contributed by atoms with Crippen LogP contribution in [0.4, 0.5) is 5.13 Å². The van der Waals surface area contributed by atoms with Crippen LogP contribution in [0.3, 0.4) is 0 Å². The van der Waals surface area contributed by atoms with Crippen LogP contribution in [0.1, 0.15) is 44.7 Å². The molecule has 0 aliphatic heterocycles. The minimum Gasteiger partial charge on any atom is -0.481 e. The Morgan fingerprint density at radius 1 is 1.50 bits per heavy atom. The SMILES string of the molecule is CCN(c1nc(CC(=O)O)cs1)C1CCCCC1. The number of rotatable bonds is 5. The Morgan fingerprint density at radius 3 is 2.83 bits per heavy atom. The highest BCUT2D eigenvalue weighted by Crippen LogP contribution is 2.29. The first-order chi connectivity index (χ1) is 8.70. The summed E-state index contributed by atoms with van der Waals surface area (Å²) >= 11 is 1.57. The van der Waals surface area contributed by atoms with Gasteiger partial charge in [-0.05, 0) is 19.8 Å². The van der Waals surface area contributed by atoms with Gasteiger partial charge in [0.1, 0.15) is 0 Å². The molecule has 0 bridgehead atoms. The van der Waals surface area contributed by atoms with Crippen molar-refractivity contribution >= 4 is 22.4 Å². The second-order valence-electron chi connectivity index (χ2n) is 4.77. The zero-order valence-corrected chi connectivity index (χ0v) is 11.6. The van der Waals surface area contributed by atoms with Crippen LogP contribution in [-0.4, -0.2) is 28.6 Å². The zero-order valence-electron chi connectivity index (χ0n) is 10.8. The van der Waals surface area contributed by atoms with Crippen LogP contribution in [0.15, 0.2) is 5.38 Å². The van der Waals surface area contributed by atoms with Gasteiger partial charge in [0.15, 0.2) is 5.13 Å². The van der Waals surface area contributed by atoms with E-state index in [4.69, 9.17) is 5.11 Å². The maximum absolute atomic E-state index is 10.7. The van der Waals surface area contributed by atoms with Crippen LogP contribution in [-0.2, 0) is 11.2 Å². The van der Waals surface area contributed by atoms with Crippen LogP contribution in [0.5, 0.6) is 0 Å². The molecule has 0 saturated heterocycles. The molecule has 1 aromatic heterocycles. The van der Waals surface area contributed by atoms with Crippen molar-refractivity contribution in [3.05, 3.63) is 11.1 Å². The molecule has 0 unspecified atom stereocenters. The fourth-order valence-corrected chi connectivity index (χ4v) is 3.57. The lowest BCUT2D eigenvalue weighted by atomic mass is 9.94. The predicted molar refractivity (Wildman–Crippen MR) is 73.3 cm³/mol. The molecule has 18 heavy (non-hydrogen) atoms. The number of carbonyl (C=O) groups is 1. The smallest absolute Gasteiger partial charge is 0.309 e. The van der Waals surface area contributed by atoms with Crippen molar-refractivity contribution in [1.29, 1.82) is 0 Å². The van der Waals surface area contributed by atoms with Gasteiger partial charge in [-0.1, -0.05) is 19.3 Å². The number of carboxylic acid groups (broad SMARTS) is 1. The van der Waals surface area contributed by atoms with E-state index in [1.165, 1.54) is 32.1 Å². The summed E-state index contributed by atoms with van der Waals surface area (Å²) < 4.78 is 0. The zero-order chi connectivity index (χ0) is 13.0. The van der Waals surface area contributed by atoms with E-state index in [0.717, 1.165) is 11.7 Å². The Hall–Kier alpha value is -1.10. The van der Waals surface area contributed by atoms with Crippen molar-refractivity contribution < 1.29 is 9.90 Å². The fourth-order valence-electron chi connectivity index (χ4n) is 2.61. The maximum Gasteiger partial charge on any atom is 0.309 e. The second-order valence-corrected chi connectivity index (χ2v) is 5.61. The summed E-state index contributed by atoms with van der Waals surface area (Å²) in [7, 11) is 0. The van der Waals surface area contributed by atoms with Gasteiger partial charge < -0.3 is 10.0 Å². The standard InChI is InChI=1S/C13H20N2O2S/c1-2-15(11-6-4-3-5-7-11)13-14-10(9-18-13)8-12(16)17/h9,11H,2-8H2,1H3,(H,16,17). The number of nitrogens with zero attached hydrogens (tertiary/aromatic N) is 2. The van der Waals surface area contributed by atoms with E-state index in [1.807, 2.05) is 5.38 Å². The van der Waals surface area contributed by atoms with E-state index in [0.29, 0.717) is 11.7 Å². The normalized spacial score (nSPS) is 16.7. The van der Waals surface area contributed by atoms with Crippen LogP contribution in [0.2, 0.25) is 0 Å². The Morgan fingerprint density at radius 2 is 2.22 bits per heavy atom. The molecule has 1 aromatic rings. The van der Waals surface area contributed by atoms with Crippen molar-refractivity contribution in [1.82, 2.24) is 4.98 Å². The van der Waals surface area contributed by atoms with Gasteiger partial charge in [-0.25, -0.2) is 4.98 Å². The lowest BCUT2D eigenvalue weighted by molar-refractivity contribution is -0.136. The molecule has 1 aliphatic rings. The largest absolute Gasteiger partial charge is 0.481 e. The number of hydrogen-bond acceptors (Lipinski definition) is 4. The number of carboxylic acids is 1. The Labute approximate surface area is 112 Å². The first-order valence-corrected chi connectivity index (χ1v) is 7.51. The summed E-state index contributed by atoms with van der Waals surface area (Å²) in [5, 5.41) is 11.6. The average molecular weight is 268 g/mol. The van der Waals surface area contributed by atoms with E-state index < -0.39 is 5.97 Å². The van der Waals surface area contributed by atoms with E-state index >= 15 is 0 Å². The quantitative estimate of drug-likeness (QED) is 0.892. The summed E-state index contributed by atoms with van der Waals surface area (Å²) in [5.41, 5.74) is 0.678. The second kappa shape index (κ2) is 6.18. The van der Waals surface area contributed by atoms with E-state index in [-0.39, 0.29) is 6.42 Å². The maximum atomic E-state index is 10.7. The van der Waals surface area contributed by atoms with Crippen molar-refractivity contribution in [2.45, 2.75) is 51.5 Å². The number of anilines is 1. The Bertz CT molecular complexity index is 399. The van der Waals surface area contributed by atoms with Crippen LogP contribution in [0, 0.1) is 0 Å². The lowest BCUT2D eigenvalue weighted by Gasteiger charge is -2.33. The van der Waals surface area contributed by atoms with Gasteiger partial charge in [0, 0.05) is 18.0 Å². The van der Waals surface area contributed by atoms with Gasteiger partial charge >= 0.3 is 5.97 Å². The summed E-state index contributed by atoms with van der Waals surface area (Å²) in [5.74, 6) is -0.812. The van der Waals surface area contributed by atoms with Gasteiger partial charge in [0.25, 0.3) is 0 Å². The van der Waals surface area contributed by atoms with Gasteiger partial charge in [-0.2, -0.15) is 0 Å². The Kier molecular flexibility index (Phi) is 4.58. The van der Waals surface area contributed by atoms with E-state index in [9.17, 15) is 4.79 Å². The molecule has 0 atom stereocenters. The summed E-state index contributed by atoms with van der Waals surface area (Å²) in [6.07, 6.45) is 6.45. The summed E-state index contributed by atoms with van der Waals surface area (Å²) in [6.45, 7) is 3.09. The molecule has 1 N–H and O–H groups in total. The van der Waals surface area contributed by atoms with E-state index in [2.05, 4.69) is 16.8 Å². The van der Waals surface area contributed by atoms with Gasteiger partial charge in [-0.15, -0.1) is 11.3 Å². The lowest BCUT2D eigenvalue weighted by Crippen LogP contribution is -2.36. The van der Waals surface area contributed by atoms with Crippen LogP contribution < -0.4 is 4.90 Å². The molecular formula is C13H20N2O2S. The third kappa shape index (κ3) is 3.22. The van der Waals surface area contributed by atoms with Gasteiger partial charge in [0.05, 0.1) is 12.1 Å². The first kappa shape index (κ1) is 13.3. The molecule has 4 nitrogen and oxygen atoms in total. The third-order valence-electron chi connectivity index (χ3n) is 3.47. The summed E-state index contributed by atoms with van der Waals surface area (Å²) in [6, 6.07) is 0.590. The van der Waals surface area contributed by atoms with Crippen LogP contribution in [0.25, 0.3) is 0 Å². The third-order valence-corrected chi connectivity index (χ3v) is 4.40. The predicted octanol–water partition coefficient (Wildman–Crippen LogP) is 2.93. The number of aromatic nitrogens is 1. The first-order valence-electron chi connectivity index (χ1n) is 6.63. The molecule has 5 heteroatoms. The van der Waals surface area contributed by atoms with Crippen molar-refractivity contribution in [2.24, 2.45) is 0 Å². The molecule has 1 fully saturated rings. The molecule has 2 rings (SSSR count). The van der Waals surface area contributed by atoms with Crippen LogP contribution >= 0.6 is 11.3 Å². The average Bonchev–Trinajstić information content (AvgIpc) is 2.79. The minimum absolute atomic E-state index is 0.0265. The Balaban J connectivity index is 2.06. The molecule has 0 aromatic carbocycles. The van der Waals surface area contributed by atoms with Gasteiger partial charge in [-0.3, -0.25) is 4.79 Å². The molecule has 1 heterocycles. The number of thiazole rings is 1. The highest BCUT2D eigenvalue weighted by atomic mass is 32.1. The van der Waals surface area contributed by atoms with E-state index in [1.54, 1.807) is 11.3 Å². The molecule has 0 amide bonds. The van der Waals surface area contributed by atoms with Crippen molar-refractivity contribution in [3.63, 3.8) is 0 Å². The molecule has 0 radical (unpaired) electrons. The molecule has 100 valence electrons. The fraction of sp³-hybridized carbons (Fsp3) is 0.692. The number of hydrogen-bond donors (Lipinski definition) is 1. The monoisotopic (exact) mass is 268 g/mol. The highest BCUT2D eigenvalue weighted by Gasteiger charge is 2.22. The van der Waals surface area contributed by atoms with Crippen molar-refractivity contribution in [2.75, 3.05) is 11.4 Å². The summed E-state index contributed by atoms with van der Waals surface area (Å²) in [4.78, 5) is 17.5. The molecular weight excluding hydrogens is 248 g/mol.